The van der Waals surface area contributed by atoms with Crippen LogP contribution in [0.3, 0.4) is 0 Å². The van der Waals surface area contributed by atoms with Gasteiger partial charge in [-0.2, -0.15) is 0 Å². The van der Waals surface area contributed by atoms with Crippen LogP contribution < -0.4 is 5.32 Å². The Morgan fingerprint density at radius 2 is 2.25 bits per heavy atom. The second kappa shape index (κ2) is 4.63. The highest BCUT2D eigenvalue weighted by Gasteiger charge is 2.15. The zero-order chi connectivity index (χ0) is 8.97. The van der Waals surface area contributed by atoms with E-state index in [-0.39, 0.29) is 0 Å². The number of thiophene rings is 1. The van der Waals surface area contributed by atoms with E-state index >= 15 is 0 Å². The minimum atomic E-state index is 0.676. The van der Waals surface area contributed by atoms with E-state index in [1.54, 1.807) is 0 Å². The largest absolute Gasteiger partial charge is 0.319 e. The SMILES string of the molecule is CNCC(c1cccs1)C(C)C. The van der Waals surface area contributed by atoms with Gasteiger partial charge >= 0.3 is 0 Å². The maximum Gasteiger partial charge on any atom is 0.00914 e. The van der Waals surface area contributed by atoms with Crippen molar-refractivity contribution in [2.75, 3.05) is 13.6 Å². The third-order valence-corrected chi connectivity index (χ3v) is 3.14. The molecule has 2 heteroatoms. The first-order valence-electron chi connectivity index (χ1n) is 4.43. The lowest BCUT2D eigenvalue weighted by Gasteiger charge is -2.18. The molecule has 0 spiro atoms. The minimum Gasteiger partial charge on any atom is -0.319 e. The van der Waals surface area contributed by atoms with E-state index < -0.39 is 0 Å². The molecule has 1 aromatic heterocycles. The Balaban J connectivity index is 2.66. The predicted octanol–water partition coefficient (Wildman–Crippen LogP) is 2.71. The molecule has 1 nitrogen and oxygen atoms in total. The smallest absolute Gasteiger partial charge is 0.00914 e. The van der Waals surface area contributed by atoms with E-state index in [9.17, 15) is 0 Å². The summed E-state index contributed by atoms with van der Waals surface area (Å²) in [5, 5.41) is 5.40. The van der Waals surface area contributed by atoms with Crippen LogP contribution in [-0.2, 0) is 0 Å². The second-order valence-corrected chi connectivity index (χ2v) is 4.40. The lowest BCUT2D eigenvalue weighted by molar-refractivity contribution is 0.485. The van der Waals surface area contributed by atoms with Gasteiger partial charge in [-0.25, -0.2) is 0 Å². The van der Waals surface area contributed by atoms with Crippen molar-refractivity contribution in [3.8, 4) is 0 Å². The molecule has 1 unspecified atom stereocenters. The standard InChI is InChI=1S/C10H17NS/c1-8(2)9(7-11-3)10-5-4-6-12-10/h4-6,8-9,11H,7H2,1-3H3. The van der Waals surface area contributed by atoms with Gasteiger partial charge in [-0.15, -0.1) is 11.3 Å². The average Bonchev–Trinajstić information content (AvgIpc) is 2.51. The van der Waals surface area contributed by atoms with Gasteiger partial charge in [0, 0.05) is 17.3 Å². The zero-order valence-electron chi connectivity index (χ0n) is 8.00. The van der Waals surface area contributed by atoms with Crippen LogP contribution in [-0.4, -0.2) is 13.6 Å². The molecule has 0 aliphatic heterocycles. The summed E-state index contributed by atoms with van der Waals surface area (Å²) in [6.45, 7) is 5.64. The molecule has 0 aliphatic carbocycles. The van der Waals surface area contributed by atoms with Gasteiger partial charge in [0.2, 0.25) is 0 Å². The fourth-order valence-electron chi connectivity index (χ4n) is 1.39. The molecule has 0 aromatic carbocycles. The van der Waals surface area contributed by atoms with Gasteiger partial charge < -0.3 is 5.32 Å². The predicted molar refractivity (Wildman–Crippen MR) is 55.8 cm³/mol. The quantitative estimate of drug-likeness (QED) is 0.757. The molecule has 1 heterocycles. The van der Waals surface area contributed by atoms with Gasteiger partial charge in [0.1, 0.15) is 0 Å². The molecule has 0 amide bonds. The van der Waals surface area contributed by atoms with Gasteiger partial charge in [-0.1, -0.05) is 19.9 Å². The van der Waals surface area contributed by atoms with Crippen molar-refractivity contribution in [1.82, 2.24) is 5.32 Å². The van der Waals surface area contributed by atoms with Crippen LogP contribution >= 0.6 is 11.3 Å². The highest BCUT2D eigenvalue weighted by Crippen LogP contribution is 2.27. The molecule has 0 saturated carbocycles. The van der Waals surface area contributed by atoms with E-state index in [1.165, 1.54) is 4.88 Å². The molecule has 1 aromatic rings. The van der Waals surface area contributed by atoms with Crippen LogP contribution in [0.5, 0.6) is 0 Å². The topological polar surface area (TPSA) is 12.0 Å². The number of rotatable bonds is 4. The highest BCUT2D eigenvalue weighted by atomic mass is 32.1. The Bertz CT molecular complexity index is 204. The molecule has 1 atom stereocenters. The van der Waals surface area contributed by atoms with Gasteiger partial charge in [0.25, 0.3) is 0 Å². The summed E-state index contributed by atoms with van der Waals surface area (Å²) in [6, 6.07) is 4.36. The lowest BCUT2D eigenvalue weighted by Crippen LogP contribution is -2.20. The van der Waals surface area contributed by atoms with E-state index in [0.717, 1.165) is 12.5 Å². The second-order valence-electron chi connectivity index (χ2n) is 3.42. The minimum absolute atomic E-state index is 0.676. The van der Waals surface area contributed by atoms with Gasteiger partial charge in [0.05, 0.1) is 0 Å². The van der Waals surface area contributed by atoms with Crippen molar-refractivity contribution in [2.24, 2.45) is 5.92 Å². The third kappa shape index (κ3) is 2.32. The van der Waals surface area contributed by atoms with Crippen LogP contribution in [0.1, 0.15) is 24.6 Å². The van der Waals surface area contributed by atoms with Crippen LogP contribution in [0.15, 0.2) is 17.5 Å². The van der Waals surface area contributed by atoms with Crippen molar-refractivity contribution in [3.63, 3.8) is 0 Å². The molecule has 68 valence electrons. The van der Waals surface area contributed by atoms with Crippen molar-refractivity contribution in [1.29, 1.82) is 0 Å². The fraction of sp³-hybridized carbons (Fsp3) is 0.600. The van der Waals surface area contributed by atoms with Gasteiger partial charge in [-0.3, -0.25) is 0 Å². The average molecular weight is 183 g/mol. The first-order valence-corrected chi connectivity index (χ1v) is 5.31. The maximum absolute atomic E-state index is 3.24. The summed E-state index contributed by atoms with van der Waals surface area (Å²) in [7, 11) is 2.02. The van der Waals surface area contributed by atoms with Crippen LogP contribution in [0.4, 0.5) is 0 Å². The first kappa shape index (κ1) is 9.75. The summed E-state index contributed by atoms with van der Waals surface area (Å²) in [5.74, 6) is 1.39. The normalized spacial score (nSPS) is 13.7. The number of hydrogen-bond donors (Lipinski definition) is 1. The first-order chi connectivity index (χ1) is 5.75. The van der Waals surface area contributed by atoms with Crippen LogP contribution in [0, 0.1) is 5.92 Å². The molecular weight excluding hydrogens is 166 g/mol. The van der Waals surface area contributed by atoms with Gasteiger partial charge in [0.15, 0.2) is 0 Å². The molecular formula is C10H17NS. The lowest BCUT2D eigenvalue weighted by atomic mass is 9.94. The molecule has 0 bridgehead atoms. The zero-order valence-corrected chi connectivity index (χ0v) is 8.82. The van der Waals surface area contributed by atoms with Gasteiger partial charge in [-0.05, 0) is 24.4 Å². The number of hydrogen-bond acceptors (Lipinski definition) is 2. The molecule has 1 N–H and O–H groups in total. The molecule has 0 aliphatic rings. The Hall–Kier alpha value is -0.340. The van der Waals surface area contributed by atoms with E-state index in [1.807, 2.05) is 18.4 Å². The summed E-state index contributed by atoms with van der Waals surface area (Å²) >= 11 is 1.86. The maximum atomic E-state index is 3.24. The van der Waals surface area contributed by atoms with Crippen molar-refractivity contribution < 1.29 is 0 Å². The Kier molecular flexibility index (Phi) is 3.76. The highest BCUT2D eigenvalue weighted by molar-refractivity contribution is 7.10. The molecule has 0 saturated heterocycles. The Morgan fingerprint density at radius 1 is 1.50 bits per heavy atom. The van der Waals surface area contributed by atoms with E-state index in [2.05, 4.69) is 36.7 Å². The molecule has 1 rings (SSSR count). The van der Waals surface area contributed by atoms with E-state index in [0.29, 0.717) is 5.92 Å². The Labute approximate surface area is 78.8 Å². The summed E-state index contributed by atoms with van der Waals surface area (Å²) in [4.78, 5) is 1.50. The van der Waals surface area contributed by atoms with Crippen molar-refractivity contribution in [3.05, 3.63) is 22.4 Å². The van der Waals surface area contributed by atoms with E-state index in [4.69, 9.17) is 0 Å². The molecule has 0 radical (unpaired) electrons. The number of likely N-dealkylation sites (N-methyl/N-ethyl adjacent to an activating group) is 1. The summed E-state index contributed by atoms with van der Waals surface area (Å²) < 4.78 is 0. The van der Waals surface area contributed by atoms with Crippen LogP contribution in [0.25, 0.3) is 0 Å². The van der Waals surface area contributed by atoms with Crippen molar-refractivity contribution >= 4 is 11.3 Å². The summed E-state index contributed by atoms with van der Waals surface area (Å²) in [6.07, 6.45) is 0. The number of nitrogens with one attached hydrogen (secondary N) is 1. The fourth-order valence-corrected chi connectivity index (χ4v) is 2.39. The third-order valence-electron chi connectivity index (χ3n) is 2.14. The summed E-state index contributed by atoms with van der Waals surface area (Å²) in [5.41, 5.74) is 0. The van der Waals surface area contributed by atoms with Crippen LogP contribution in [0.2, 0.25) is 0 Å². The Morgan fingerprint density at radius 3 is 2.67 bits per heavy atom. The van der Waals surface area contributed by atoms with Crippen molar-refractivity contribution in [2.45, 2.75) is 19.8 Å². The molecule has 12 heavy (non-hydrogen) atoms. The monoisotopic (exact) mass is 183 g/mol. The molecule has 0 fully saturated rings.